The summed E-state index contributed by atoms with van der Waals surface area (Å²) in [6, 6.07) is 6.98. The summed E-state index contributed by atoms with van der Waals surface area (Å²) in [4.78, 5) is 25.0. The van der Waals surface area contributed by atoms with Gasteiger partial charge < -0.3 is 25.6 Å². The molecule has 4 rings (SSSR count). The van der Waals surface area contributed by atoms with Crippen LogP contribution in [0, 0.1) is 0 Å². The fourth-order valence-corrected chi connectivity index (χ4v) is 4.54. The van der Waals surface area contributed by atoms with Crippen LogP contribution in [0.2, 0.25) is 10.0 Å². The lowest BCUT2D eigenvalue weighted by Gasteiger charge is -2.27. The van der Waals surface area contributed by atoms with Crippen molar-refractivity contribution in [2.24, 2.45) is 0 Å². The zero-order valence-electron chi connectivity index (χ0n) is 17.2. The molecule has 0 unspecified atom stereocenters. The maximum absolute atomic E-state index is 12.7. The Morgan fingerprint density at radius 2 is 2.15 bits per heavy atom. The average molecular weight is 509 g/mol. The van der Waals surface area contributed by atoms with Crippen molar-refractivity contribution in [2.75, 3.05) is 18.2 Å². The van der Waals surface area contributed by atoms with E-state index in [1.54, 1.807) is 37.3 Å². The molecule has 1 atom stereocenters. The van der Waals surface area contributed by atoms with E-state index >= 15 is 0 Å². The number of benzene rings is 1. The highest BCUT2D eigenvalue weighted by molar-refractivity contribution is 7.99. The first-order valence-corrected chi connectivity index (χ1v) is 11.4. The number of thioether (sulfide) groups is 1. The molecule has 2 amide bonds. The van der Waals surface area contributed by atoms with Crippen molar-refractivity contribution in [1.29, 1.82) is 0 Å². The zero-order chi connectivity index (χ0) is 23.5. The number of ether oxygens (including phenoxy) is 1. The van der Waals surface area contributed by atoms with Crippen molar-refractivity contribution in [3.05, 3.63) is 63.7 Å². The van der Waals surface area contributed by atoms with Crippen LogP contribution in [-0.2, 0) is 9.53 Å². The van der Waals surface area contributed by atoms with Gasteiger partial charge in [-0.05, 0) is 37.3 Å². The van der Waals surface area contributed by atoms with E-state index in [0.29, 0.717) is 38.0 Å². The van der Waals surface area contributed by atoms with Crippen molar-refractivity contribution in [1.82, 2.24) is 25.5 Å². The smallest absolute Gasteiger partial charge is 0.338 e. The average Bonchev–Trinajstić information content (AvgIpc) is 3.42. The maximum atomic E-state index is 12.7. The Balaban J connectivity index is 1.64. The minimum atomic E-state index is -0.803. The van der Waals surface area contributed by atoms with Gasteiger partial charge >= 0.3 is 12.0 Å². The van der Waals surface area contributed by atoms with Gasteiger partial charge in [0.25, 0.3) is 0 Å². The van der Waals surface area contributed by atoms with Gasteiger partial charge in [0.15, 0.2) is 5.82 Å². The van der Waals surface area contributed by atoms with Crippen molar-refractivity contribution in [2.45, 2.75) is 18.1 Å². The number of hydrogen-bond acceptors (Lipinski definition) is 8. The summed E-state index contributed by atoms with van der Waals surface area (Å²) in [7, 11) is 0. The Kier molecular flexibility index (Phi) is 6.82. The minimum absolute atomic E-state index is 0.155. The molecule has 1 aliphatic rings. The summed E-state index contributed by atoms with van der Waals surface area (Å²) in [6.45, 7) is 1.87. The first kappa shape index (κ1) is 23.0. The van der Waals surface area contributed by atoms with E-state index in [1.165, 1.54) is 22.7 Å². The number of nitrogen functional groups attached to an aromatic ring is 1. The molecule has 0 fully saturated rings. The number of amides is 2. The van der Waals surface area contributed by atoms with Crippen LogP contribution >= 0.6 is 35.0 Å². The van der Waals surface area contributed by atoms with Crippen LogP contribution in [0.4, 0.5) is 4.79 Å². The van der Waals surface area contributed by atoms with Gasteiger partial charge in [0.2, 0.25) is 5.16 Å². The van der Waals surface area contributed by atoms with Gasteiger partial charge in [-0.1, -0.05) is 35.0 Å². The Morgan fingerprint density at radius 3 is 2.85 bits per heavy atom. The molecule has 10 nitrogen and oxygen atoms in total. The molecule has 0 aliphatic carbocycles. The number of hydrogen-bond donors (Lipinski definition) is 3. The Hall–Kier alpha value is -3.15. The SMILES string of the molecule is CCOC(=O)C1=C(CSc2nnc(-c3ccc(Cl)cc3Cl)n2N)NC(=O)N[C@H]1c1ccco1. The van der Waals surface area contributed by atoms with Gasteiger partial charge in [0.05, 0.1) is 23.5 Å². The highest BCUT2D eigenvalue weighted by atomic mass is 35.5. The number of nitrogens with two attached hydrogens (primary N) is 1. The van der Waals surface area contributed by atoms with Gasteiger partial charge in [-0.15, -0.1) is 10.2 Å². The van der Waals surface area contributed by atoms with Crippen LogP contribution in [0.15, 0.2) is 57.4 Å². The fraction of sp³-hybridized carbons (Fsp3) is 0.200. The largest absolute Gasteiger partial charge is 0.467 e. The lowest BCUT2D eigenvalue weighted by atomic mass is 10.0. The fourth-order valence-electron chi connectivity index (χ4n) is 3.22. The normalized spacial score (nSPS) is 15.8. The number of urea groups is 1. The van der Waals surface area contributed by atoms with Crippen molar-refractivity contribution < 1.29 is 18.7 Å². The highest BCUT2D eigenvalue weighted by Gasteiger charge is 2.35. The zero-order valence-corrected chi connectivity index (χ0v) is 19.5. The van der Waals surface area contributed by atoms with E-state index in [9.17, 15) is 9.59 Å². The summed E-state index contributed by atoms with van der Waals surface area (Å²) in [5, 5.41) is 14.8. The van der Waals surface area contributed by atoms with E-state index < -0.39 is 18.0 Å². The standard InChI is InChI=1S/C20H18Cl2N6O4S/c1-2-31-18(29)15-13(24-19(30)25-16(15)14-4-3-7-32-14)9-33-20-27-26-17(28(20)23)11-6-5-10(21)8-12(11)22/h3-8,16H,2,9,23H2,1H3,(H2,24,25,30)/t16-/m0/s1. The molecule has 2 aromatic heterocycles. The highest BCUT2D eigenvalue weighted by Crippen LogP contribution is 2.33. The molecular formula is C20H18Cl2N6O4S. The Bertz CT molecular complexity index is 1230. The molecule has 4 N–H and O–H groups in total. The number of furan rings is 1. The number of aromatic nitrogens is 3. The lowest BCUT2D eigenvalue weighted by molar-refractivity contribution is -0.139. The van der Waals surface area contributed by atoms with Crippen LogP contribution in [-0.4, -0.2) is 39.2 Å². The number of esters is 1. The number of halogens is 2. The molecule has 1 aromatic carbocycles. The molecule has 3 heterocycles. The molecule has 0 bridgehead atoms. The van der Waals surface area contributed by atoms with E-state index in [2.05, 4.69) is 20.8 Å². The molecule has 172 valence electrons. The third-order valence-corrected chi connectivity index (χ3v) is 6.18. The summed E-state index contributed by atoms with van der Waals surface area (Å²) in [6.07, 6.45) is 1.46. The number of nitrogens with zero attached hydrogens (tertiary/aromatic N) is 3. The number of carbonyl (C=O) groups is 2. The molecule has 13 heteroatoms. The van der Waals surface area contributed by atoms with Crippen LogP contribution < -0.4 is 16.5 Å². The monoisotopic (exact) mass is 508 g/mol. The predicted octanol–water partition coefficient (Wildman–Crippen LogP) is 3.52. The Morgan fingerprint density at radius 1 is 1.33 bits per heavy atom. The maximum Gasteiger partial charge on any atom is 0.338 e. The molecule has 0 saturated carbocycles. The van der Waals surface area contributed by atoms with Gasteiger partial charge in [0, 0.05) is 22.0 Å². The molecule has 33 heavy (non-hydrogen) atoms. The molecule has 1 aliphatic heterocycles. The second-order valence-electron chi connectivity index (χ2n) is 6.75. The van der Waals surface area contributed by atoms with Crippen LogP contribution in [0.3, 0.4) is 0 Å². The minimum Gasteiger partial charge on any atom is -0.467 e. The summed E-state index contributed by atoms with van der Waals surface area (Å²) < 4.78 is 11.9. The third kappa shape index (κ3) is 4.80. The molecular weight excluding hydrogens is 491 g/mol. The summed E-state index contributed by atoms with van der Waals surface area (Å²) in [5.74, 6) is 6.50. The quantitative estimate of drug-likeness (QED) is 0.250. The van der Waals surface area contributed by atoms with Gasteiger partial charge in [-0.25, -0.2) is 14.3 Å². The Labute approximate surface area is 202 Å². The first-order valence-electron chi connectivity index (χ1n) is 9.68. The molecule has 0 saturated heterocycles. The van der Waals surface area contributed by atoms with Crippen molar-refractivity contribution in [3.63, 3.8) is 0 Å². The van der Waals surface area contributed by atoms with E-state index in [0.717, 1.165) is 0 Å². The van der Waals surface area contributed by atoms with Gasteiger partial charge in [-0.3, -0.25) is 0 Å². The van der Waals surface area contributed by atoms with Crippen molar-refractivity contribution in [3.8, 4) is 11.4 Å². The second kappa shape index (κ2) is 9.77. The topological polar surface area (TPSA) is 137 Å². The van der Waals surface area contributed by atoms with Crippen LogP contribution in [0.1, 0.15) is 18.7 Å². The van der Waals surface area contributed by atoms with Crippen molar-refractivity contribution >= 4 is 47.0 Å². The number of rotatable bonds is 7. The number of nitrogens with one attached hydrogen (secondary N) is 2. The van der Waals surface area contributed by atoms with E-state index in [4.69, 9.17) is 38.2 Å². The van der Waals surface area contributed by atoms with Crippen LogP contribution in [0.5, 0.6) is 0 Å². The third-order valence-electron chi connectivity index (χ3n) is 4.66. The summed E-state index contributed by atoms with van der Waals surface area (Å²) >= 11 is 13.4. The number of carbonyl (C=O) groups excluding carboxylic acids is 2. The lowest BCUT2D eigenvalue weighted by Crippen LogP contribution is -2.46. The first-order chi connectivity index (χ1) is 15.9. The van der Waals surface area contributed by atoms with E-state index in [1.807, 2.05) is 0 Å². The molecule has 0 spiro atoms. The predicted molar refractivity (Wildman–Crippen MR) is 123 cm³/mol. The van der Waals surface area contributed by atoms with E-state index in [-0.39, 0.29) is 17.9 Å². The molecule has 0 radical (unpaired) electrons. The van der Waals surface area contributed by atoms with Gasteiger partial charge in [-0.2, -0.15) is 0 Å². The summed E-state index contributed by atoms with van der Waals surface area (Å²) in [5.41, 5.74) is 1.13. The molecule has 3 aromatic rings. The van der Waals surface area contributed by atoms with Crippen LogP contribution in [0.25, 0.3) is 11.4 Å². The second-order valence-corrected chi connectivity index (χ2v) is 8.53. The van der Waals surface area contributed by atoms with Gasteiger partial charge in [0.1, 0.15) is 11.8 Å².